The van der Waals surface area contributed by atoms with E-state index in [0.717, 1.165) is 32.5 Å². The van der Waals surface area contributed by atoms with Crippen molar-refractivity contribution < 1.29 is 4.74 Å². The molecule has 4 heteroatoms. The van der Waals surface area contributed by atoms with Crippen molar-refractivity contribution in [3.05, 3.63) is 28.2 Å². The maximum Gasteiger partial charge on any atom is 0.0605 e. The number of halogens is 1. The Hall–Kier alpha value is -0.580. The third-order valence-corrected chi connectivity index (χ3v) is 4.72. The lowest BCUT2D eigenvalue weighted by atomic mass is 10.1. The van der Waals surface area contributed by atoms with E-state index in [1.807, 2.05) is 7.11 Å². The van der Waals surface area contributed by atoms with Crippen LogP contribution in [0.3, 0.4) is 0 Å². The van der Waals surface area contributed by atoms with Gasteiger partial charge in [-0.25, -0.2) is 0 Å². The molecule has 0 atom stereocenters. The molecule has 2 rings (SSSR count). The highest BCUT2D eigenvalue weighted by Gasteiger charge is 2.19. The lowest BCUT2D eigenvalue weighted by molar-refractivity contribution is 0.0819. The highest BCUT2D eigenvalue weighted by atomic mass is 79.9. The van der Waals surface area contributed by atoms with Gasteiger partial charge in [0.25, 0.3) is 0 Å². The minimum absolute atomic E-state index is 0.139. The molecule has 1 aliphatic rings. The third-order valence-electron chi connectivity index (χ3n) is 3.99. The van der Waals surface area contributed by atoms with Crippen molar-refractivity contribution in [3.63, 3.8) is 0 Å². The summed E-state index contributed by atoms with van der Waals surface area (Å²) in [6.07, 6.45) is 2.66. The van der Waals surface area contributed by atoms with Crippen molar-refractivity contribution in [1.82, 2.24) is 5.32 Å². The van der Waals surface area contributed by atoms with E-state index in [9.17, 15) is 0 Å². The zero-order valence-electron chi connectivity index (χ0n) is 13.6. The molecule has 1 aliphatic heterocycles. The maximum absolute atomic E-state index is 5.44. The Morgan fingerprint density at radius 1 is 1.29 bits per heavy atom. The van der Waals surface area contributed by atoms with Gasteiger partial charge >= 0.3 is 0 Å². The van der Waals surface area contributed by atoms with E-state index in [1.165, 1.54) is 15.7 Å². The predicted molar refractivity (Wildman–Crippen MR) is 93.0 cm³/mol. The van der Waals surface area contributed by atoms with E-state index in [0.29, 0.717) is 6.10 Å². The number of nitrogens with zero attached hydrogens (tertiary/aromatic N) is 1. The minimum atomic E-state index is 0.139. The van der Waals surface area contributed by atoms with Crippen LogP contribution in [-0.2, 0) is 11.3 Å². The highest BCUT2D eigenvalue weighted by molar-refractivity contribution is 9.10. The smallest absolute Gasteiger partial charge is 0.0605 e. The van der Waals surface area contributed by atoms with Gasteiger partial charge in [0, 0.05) is 42.4 Å². The molecule has 21 heavy (non-hydrogen) atoms. The number of piperidine rings is 1. The zero-order valence-corrected chi connectivity index (χ0v) is 15.2. The summed E-state index contributed by atoms with van der Waals surface area (Å²) in [5.41, 5.74) is 2.75. The van der Waals surface area contributed by atoms with Crippen LogP contribution in [0.25, 0.3) is 0 Å². The van der Waals surface area contributed by atoms with E-state index in [2.05, 4.69) is 65.1 Å². The average molecular weight is 355 g/mol. The van der Waals surface area contributed by atoms with E-state index in [-0.39, 0.29) is 5.54 Å². The Bertz CT molecular complexity index is 462. The molecular formula is C17H27BrN2O. The van der Waals surface area contributed by atoms with E-state index in [1.54, 1.807) is 0 Å². The monoisotopic (exact) mass is 354 g/mol. The molecule has 0 amide bonds. The van der Waals surface area contributed by atoms with Crippen molar-refractivity contribution in [3.8, 4) is 0 Å². The van der Waals surface area contributed by atoms with E-state index < -0.39 is 0 Å². The largest absolute Gasteiger partial charge is 0.381 e. The Morgan fingerprint density at radius 2 is 1.95 bits per heavy atom. The highest BCUT2D eigenvalue weighted by Crippen LogP contribution is 2.27. The Morgan fingerprint density at radius 3 is 2.48 bits per heavy atom. The summed E-state index contributed by atoms with van der Waals surface area (Å²) in [5.74, 6) is 0. The van der Waals surface area contributed by atoms with Gasteiger partial charge < -0.3 is 15.0 Å². The molecule has 0 saturated carbocycles. The van der Waals surface area contributed by atoms with Gasteiger partial charge in [0.05, 0.1) is 6.10 Å². The van der Waals surface area contributed by atoms with Gasteiger partial charge in [-0.2, -0.15) is 0 Å². The van der Waals surface area contributed by atoms with Crippen LogP contribution in [-0.4, -0.2) is 31.8 Å². The fourth-order valence-electron chi connectivity index (χ4n) is 2.59. The molecule has 0 bridgehead atoms. The van der Waals surface area contributed by atoms with Crippen LogP contribution in [0.4, 0.5) is 5.69 Å². The number of hydrogen-bond donors (Lipinski definition) is 1. The number of rotatable bonds is 4. The van der Waals surface area contributed by atoms with Crippen molar-refractivity contribution in [1.29, 1.82) is 0 Å². The standard InChI is InChI=1S/C17H27BrN2O/c1-17(2,3)19-12-13-5-6-14(11-16(13)18)20-9-7-15(21-4)8-10-20/h5-6,11,15,19H,7-10,12H2,1-4H3. The van der Waals surface area contributed by atoms with Crippen LogP contribution in [0, 0.1) is 0 Å². The molecule has 0 radical (unpaired) electrons. The summed E-state index contributed by atoms with van der Waals surface area (Å²) in [4.78, 5) is 2.45. The van der Waals surface area contributed by atoms with Gasteiger partial charge in [0.2, 0.25) is 0 Å². The minimum Gasteiger partial charge on any atom is -0.381 e. The van der Waals surface area contributed by atoms with E-state index in [4.69, 9.17) is 4.74 Å². The molecule has 0 aromatic heterocycles. The Balaban J connectivity index is 1.99. The second-order valence-electron chi connectivity index (χ2n) is 6.80. The first-order valence-electron chi connectivity index (χ1n) is 7.70. The number of ether oxygens (including phenoxy) is 1. The second-order valence-corrected chi connectivity index (χ2v) is 7.66. The van der Waals surface area contributed by atoms with Gasteiger partial charge in [-0.3, -0.25) is 0 Å². The van der Waals surface area contributed by atoms with Gasteiger partial charge in [-0.05, 0) is 51.3 Å². The first-order valence-corrected chi connectivity index (χ1v) is 8.49. The summed E-state index contributed by atoms with van der Waals surface area (Å²) in [5, 5.41) is 3.53. The first-order chi connectivity index (χ1) is 9.89. The molecule has 1 N–H and O–H groups in total. The molecule has 1 fully saturated rings. The molecule has 1 heterocycles. The topological polar surface area (TPSA) is 24.5 Å². The quantitative estimate of drug-likeness (QED) is 0.885. The lowest BCUT2D eigenvalue weighted by Gasteiger charge is -2.33. The van der Waals surface area contributed by atoms with Crippen molar-refractivity contribution in [2.45, 2.75) is 51.8 Å². The maximum atomic E-state index is 5.44. The third kappa shape index (κ3) is 4.97. The first kappa shape index (κ1) is 16.8. The van der Waals surface area contributed by atoms with Crippen LogP contribution < -0.4 is 10.2 Å². The average Bonchev–Trinajstić information content (AvgIpc) is 2.45. The van der Waals surface area contributed by atoms with Crippen molar-refractivity contribution >= 4 is 21.6 Å². The van der Waals surface area contributed by atoms with Crippen LogP contribution in [0.2, 0.25) is 0 Å². The molecule has 1 aromatic rings. The van der Waals surface area contributed by atoms with Crippen molar-refractivity contribution in [2.24, 2.45) is 0 Å². The number of nitrogens with one attached hydrogen (secondary N) is 1. The predicted octanol–water partition coefficient (Wildman–Crippen LogP) is 3.95. The SMILES string of the molecule is COC1CCN(c2ccc(CNC(C)(C)C)c(Br)c2)CC1. The normalized spacial score (nSPS) is 17.3. The van der Waals surface area contributed by atoms with Gasteiger partial charge in [-0.1, -0.05) is 22.0 Å². The number of benzene rings is 1. The summed E-state index contributed by atoms with van der Waals surface area (Å²) >= 11 is 3.72. The van der Waals surface area contributed by atoms with Gasteiger partial charge in [0.1, 0.15) is 0 Å². The summed E-state index contributed by atoms with van der Waals surface area (Å²) < 4.78 is 6.62. The van der Waals surface area contributed by atoms with E-state index >= 15 is 0 Å². The van der Waals surface area contributed by atoms with Crippen LogP contribution in [0.1, 0.15) is 39.2 Å². The zero-order chi connectivity index (χ0) is 15.5. The Labute approximate surface area is 137 Å². The van der Waals surface area contributed by atoms with Gasteiger partial charge in [-0.15, -0.1) is 0 Å². The molecule has 1 saturated heterocycles. The second kappa shape index (κ2) is 7.12. The number of hydrogen-bond acceptors (Lipinski definition) is 3. The summed E-state index contributed by atoms with van der Waals surface area (Å²) in [6, 6.07) is 6.70. The number of methoxy groups -OCH3 is 1. The van der Waals surface area contributed by atoms with Crippen molar-refractivity contribution in [2.75, 3.05) is 25.1 Å². The lowest BCUT2D eigenvalue weighted by Crippen LogP contribution is -2.36. The Kier molecular flexibility index (Phi) is 5.69. The molecule has 118 valence electrons. The summed E-state index contributed by atoms with van der Waals surface area (Å²) in [6.45, 7) is 9.60. The van der Waals surface area contributed by atoms with Gasteiger partial charge in [0.15, 0.2) is 0 Å². The molecule has 1 aromatic carbocycles. The number of anilines is 1. The summed E-state index contributed by atoms with van der Waals surface area (Å²) in [7, 11) is 1.81. The molecule has 3 nitrogen and oxygen atoms in total. The van der Waals surface area contributed by atoms with Crippen LogP contribution >= 0.6 is 15.9 Å². The fourth-order valence-corrected chi connectivity index (χ4v) is 3.09. The molecule has 0 aliphatic carbocycles. The molecule has 0 unspecified atom stereocenters. The van der Waals surface area contributed by atoms with Crippen LogP contribution in [0.15, 0.2) is 22.7 Å². The molecule has 0 spiro atoms. The fraction of sp³-hybridized carbons (Fsp3) is 0.647. The van der Waals surface area contributed by atoms with Crippen LogP contribution in [0.5, 0.6) is 0 Å². The molecular weight excluding hydrogens is 328 g/mol.